The Morgan fingerprint density at radius 1 is 1.03 bits per heavy atom. The van der Waals surface area contributed by atoms with E-state index in [1.807, 2.05) is 42.5 Å². The van der Waals surface area contributed by atoms with Crippen LogP contribution in [0.5, 0.6) is 0 Å². The number of anilines is 1. The lowest BCUT2D eigenvalue weighted by atomic mass is 10.0. The molecule has 2 N–H and O–H groups in total. The van der Waals surface area contributed by atoms with Crippen molar-refractivity contribution in [3.63, 3.8) is 0 Å². The highest BCUT2D eigenvalue weighted by Gasteiger charge is 2.41. The maximum atomic E-state index is 13.3. The molecule has 30 heavy (non-hydrogen) atoms. The zero-order valence-electron chi connectivity index (χ0n) is 16.3. The predicted molar refractivity (Wildman–Crippen MR) is 116 cm³/mol. The van der Waals surface area contributed by atoms with Gasteiger partial charge in [0.2, 0.25) is 11.8 Å². The fourth-order valence-electron chi connectivity index (χ4n) is 4.24. The molecule has 0 aliphatic carbocycles. The summed E-state index contributed by atoms with van der Waals surface area (Å²) >= 11 is 1.69. The first-order chi connectivity index (χ1) is 14.6. The van der Waals surface area contributed by atoms with Gasteiger partial charge in [-0.1, -0.05) is 36.4 Å². The van der Waals surface area contributed by atoms with Gasteiger partial charge < -0.3 is 15.1 Å². The zero-order valence-corrected chi connectivity index (χ0v) is 17.2. The Morgan fingerprint density at radius 3 is 2.63 bits per heavy atom. The summed E-state index contributed by atoms with van der Waals surface area (Å²) in [7, 11) is 0. The summed E-state index contributed by atoms with van der Waals surface area (Å²) < 4.78 is 0. The molecule has 3 aliphatic heterocycles. The molecule has 8 heteroatoms. The molecule has 3 aliphatic rings. The third-order valence-corrected chi connectivity index (χ3v) is 6.82. The van der Waals surface area contributed by atoms with Gasteiger partial charge >= 0.3 is 0 Å². The van der Waals surface area contributed by atoms with Gasteiger partial charge in [-0.15, -0.1) is 11.8 Å². The van der Waals surface area contributed by atoms with Gasteiger partial charge in [0.15, 0.2) is 0 Å². The van der Waals surface area contributed by atoms with Gasteiger partial charge in [0.05, 0.1) is 23.8 Å². The Bertz CT molecular complexity index is 1010. The minimum atomic E-state index is -0.683. The molecule has 0 spiro atoms. The molecular weight excluding hydrogens is 400 g/mol. The third-order valence-electron chi connectivity index (χ3n) is 5.88. The maximum Gasteiger partial charge on any atom is 0.256 e. The minimum absolute atomic E-state index is 0.00743. The SMILES string of the molecule is O=C1Nc2ccc(-c3ccccc3)cc2C(=O)N2CCN(C(=O)C3CSCN3)CC12. The molecule has 2 unspecified atom stereocenters. The van der Waals surface area contributed by atoms with E-state index in [1.165, 1.54) is 0 Å². The van der Waals surface area contributed by atoms with E-state index in [0.29, 0.717) is 24.3 Å². The molecule has 2 fully saturated rings. The first-order valence-corrected chi connectivity index (χ1v) is 11.2. The van der Waals surface area contributed by atoms with Gasteiger partial charge in [0.25, 0.3) is 5.91 Å². The number of piperazine rings is 1. The van der Waals surface area contributed by atoms with Gasteiger partial charge in [0, 0.05) is 24.7 Å². The second-order valence-corrected chi connectivity index (χ2v) is 8.72. The highest BCUT2D eigenvalue weighted by atomic mass is 32.2. The second-order valence-electron chi connectivity index (χ2n) is 7.69. The van der Waals surface area contributed by atoms with Crippen LogP contribution in [0.1, 0.15) is 10.4 Å². The second kappa shape index (κ2) is 7.77. The largest absolute Gasteiger partial charge is 0.337 e. The van der Waals surface area contributed by atoms with Crippen LogP contribution in [0.2, 0.25) is 0 Å². The Hall–Kier alpha value is -2.84. The molecule has 3 amide bonds. The number of nitrogens with zero attached hydrogens (tertiary/aromatic N) is 2. The van der Waals surface area contributed by atoms with Gasteiger partial charge in [-0.25, -0.2) is 0 Å². The van der Waals surface area contributed by atoms with E-state index in [4.69, 9.17) is 0 Å². The smallest absolute Gasteiger partial charge is 0.256 e. The number of hydrogen-bond acceptors (Lipinski definition) is 5. The van der Waals surface area contributed by atoms with Crippen molar-refractivity contribution in [2.24, 2.45) is 0 Å². The monoisotopic (exact) mass is 422 g/mol. The molecule has 3 heterocycles. The fraction of sp³-hybridized carbons (Fsp3) is 0.318. The lowest BCUT2D eigenvalue weighted by molar-refractivity contribution is -0.137. The van der Waals surface area contributed by atoms with E-state index in [9.17, 15) is 14.4 Å². The molecule has 2 saturated heterocycles. The van der Waals surface area contributed by atoms with Crippen molar-refractivity contribution in [2.75, 3.05) is 36.6 Å². The van der Waals surface area contributed by atoms with Crippen molar-refractivity contribution in [1.82, 2.24) is 15.1 Å². The minimum Gasteiger partial charge on any atom is -0.337 e. The molecule has 0 radical (unpaired) electrons. The first kappa shape index (κ1) is 19.1. The van der Waals surface area contributed by atoms with Crippen LogP contribution in [0.4, 0.5) is 5.69 Å². The van der Waals surface area contributed by atoms with Crippen LogP contribution in [0, 0.1) is 0 Å². The molecule has 0 aromatic heterocycles. The molecule has 154 valence electrons. The summed E-state index contributed by atoms with van der Waals surface area (Å²) in [5, 5.41) is 6.09. The number of carbonyl (C=O) groups is 3. The first-order valence-electron chi connectivity index (χ1n) is 10.0. The van der Waals surface area contributed by atoms with Crippen molar-refractivity contribution in [3.8, 4) is 11.1 Å². The summed E-state index contributed by atoms with van der Waals surface area (Å²) in [6.45, 7) is 1.00. The number of fused-ring (bicyclic) bond motifs is 2. The molecule has 5 rings (SSSR count). The van der Waals surface area contributed by atoms with Crippen molar-refractivity contribution < 1.29 is 14.4 Å². The number of carbonyl (C=O) groups excluding carboxylic acids is 3. The highest BCUT2D eigenvalue weighted by molar-refractivity contribution is 7.99. The molecule has 2 atom stereocenters. The standard InChI is InChI=1S/C22H22N4O3S/c27-20-19-11-25(22(29)18-12-30-13-23-18)8-9-26(19)21(28)16-10-15(6-7-17(16)24-20)14-4-2-1-3-5-14/h1-7,10,18-19,23H,8-9,11-13H2,(H,24,27). The third kappa shape index (κ3) is 3.36. The van der Waals surface area contributed by atoms with E-state index in [1.54, 1.807) is 27.6 Å². The fourth-order valence-corrected chi connectivity index (χ4v) is 5.17. The molecule has 7 nitrogen and oxygen atoms in total. The van der Waals surface area contributed by atoms with Crippen LogP contribution in [0.15, 0.2) is 48.5 Å². The highest BCUT2D eigenvalue weighted by Crippen LogP contribution is 2.30. The Labute approximate surface area is 178 Å². The van der Waals surface area contributed by atoms with Crippen molar-refractivity contribution in [1.29, 1.82) is 0 Å². The summed E-state index contributed by atoms with van der Waals surface area (Å²) in [6.07, 6.45) is 0. The van der Waals surface area contributed by atoms with Gasteiger partial charge in [-0.3, -0.25) is 19.7 Å². The van der Waals surface area contributed by atoms with Gasteiger partial charge in [0.1, 0.15) is 6.04 Å². The molecular formula is C22H22N4O3S. The van der Waals surface area contributed by atoms with Crippen LogP contribution in [0.25, 0.3) is 11.1 Å². The topological polar surface area (TPSA) is 81.8 Å². The van der Waals surface area contributed by atoms with Crippen LogP contribution in [0.3, 0.4) is 0 Å². The molecule has 0 saturated carbocycles. The predicted octanol–water partition coefficient (Wildman–Crippen LogP) is 1.62. The average Bonchev–Trinajstić information content (AvgIpc) is 3.30. The van der Waals surface area contributed by atoms with E-state index >= 15 is 0 Å². The average molecular weight is 423 g/mol. The number of rotatable bonds is 2. The zero-order chi connectivity index (χ0) is 20.7. The summed E-state index contributed by atoms with van der Waals surface area (Å²) in [4.78, 5) is 42.4. The van der Waals surface area contributed by atoms with E-state index in [2.05, 4.69) is 10.6 Å². The van der Waals surface area contributed by atoms with Gasteiger partial charge in [-0.05, 0) is 23.3 Å². The summed E-state index contributed by atoms with van der Waals surface area (Å²) in [6, 6.07) is 14.5. The van der Waals surface area contributed by atoms with E-state index in [-0.39, 0.29) is 30.3 Å². The number of hydrogen-bond donors (Lipinski definition) is 2. The Balaban J connectivity index is 1.42. The van der Waals surface area contributed by atoms with Crippen LogP contribution in [-0.4, -0.2) is 70.9 Å². The van der Waals surface area contributed by atoms with Crippen LogP contribution < -0.4 is 10.6 Å². The quantitative estimate of drug-likeness (QED) is 0.769. The molecule has 2 aromatic carbocycles. The molecule has 0 bridgehead atoms. The van der Waals surface area contributed by atoms with Crippen molar-refractivity contribution >= 4 is 35.2 Å². The number of nitrogens with one attached hydrogen (secondary N) is 2. The van der Waals surface area contributed by atoms with Crippen LogP contribution >= 0.6 is 11.8 Å². The summed E-state index contributed by atoms with van der Waals surface area (Å²) in [5.41, 5.74) is 2.94. The lowest BCUT2D eigenvalue weighted by Crippen LogP contribution is -2.61. The lowest BCUT2D eigenvalue weighted by Gasteiger charge is -2.40. The van der Waals surface area contributed by atoms with Crippen LogP contribution in [-0.2, 0) is 9.59 Å². The van der Waals surface area contributed by atoms with Crippen molar-refractivity contribution in [2.45, 2.75) is 12.1 Å². The van der Waals surface area contributed by atoms with Gasteiger partial charge in [-0.2, -0.15) is 0 Å². The van der Waals surface area contributed by atoms with E-state index < -0.39 is 6.04 Å². The Morgan fingerprint density at radius 2 is 1.87 bits per heavy atom. The van der Waals surface area contributed by atoms with Crippen molar-refractivity contribution in [3.05, 3.63) is 54.1 Å². The number of benzene rings is 2. The maximum absolute atomic E-state index is 13.3. The molecule has 2 aromatic rings. The normalized spacial score (nSPS) is 23.5. The Kier molecular flexibility index (Phi) is 4.96. The number of amides is 3. The van der Waals surface area contributed by atoms with E-state index in [0.717, 1.165) is 22.8 Å². The summed E-state index contributed by atoms with van der Waals surface area (Å²) in [5.74, 6) is 1.09. The number of thioether (sulfide) groups is 1.